The first-order chi connectivity index (χ1) is 7.65. The molecule has 5 nitrogen and oxygen atoms in total. The van der Waals surface area contributed by atoms with Crippen molar-refractivity contribution in [3.8, 4) is 0 Å². The Morgan fingerprint density at radius 2 is 1.94 bits per heavy atom. The van der Waals surface area contributed by atoms with Crippen LogP contribution in [0.25, 0.3) is 0 Å². The number of hydrogen-bond acceptors (Lipinski definition) is 5. The molecular formula is C10H15NO4S. The van der Waals surface area contributed by atoms with Gasteiger partial charge in [-0.2, -0.15) is 11.3 Å². The Bertz CT molecular complexity index is 313. The molecule has 1 heterocycles. The monoisotopic (exact) mass is 245 g/mol. The number of thiophene rings is 1. The van der Waals surface area contributed by atoms with Crippen LogP contribution >= 0.6 is 11.3 Å². The highest BCUT2D eigenvalue weighted by Crippen LogP contribution is 2.08. The van der Waals surface area contributed by atoms with Gasteiger partial charge >= 0.3 is 0 Å². The lowest BCUT2D eigenvalue weighted by Gasteiger charge is -2.28. The number of rotatable bonds is 6. The summed E-state index contributed by atoms with van der Waals surface area (Å²) in [5.41, 5.74) is -0.474. The lowest BCUT2D eigenvalue weighted by atomic mass is 10.0. The van der Waals surface area contributed by atoms with Gasteiger partial charge in [0.15, 0.2) is 0 Å². The molecule has 0 fully saturated rings. The first kappa shape index (κ1) is 13.1. The number of carbonyl (C=O) groups is 1. The summed E-state index contributed by atoms with van der Waals surface area (Å²) in [6.45, 7) is -1.51. The summed E-state index contributed by atoms with van der Waals surface area (Å²) in [7, 11) is 0. The molecule has 4 N–H and O–H groups in total. The van der Waals surface area contributed by atoms with Gasteiger partial charge in [0.2, 0.25) is 5.91 Å². The van der Waals surface area contributed by atoms with E-state index < -0.39 is 25.4 Å². The van der Waals surface area contributed by atoms with Crippen molar-refractivity contribution in [3.63, 3.8) is 0 Å². The van der Waals surface area contributed by atoms with E-state index in [1.165, 1.54) is 11.3 Å². The van der Waals surface area contributed by atoms with E-state index in [1.807, 2.05) is 16.8 Å². The number of nitrogens with one attached hydrogen (secondary N) is 1. The highest BCUT2D eigenvalue weighted by atomic mass is 32.1. The Morgan fingerprint density at radius 3 is 2.38 bits per heavy atom. The van der Waals surface area contributed by atoms with Crippen LogP contribution in [0.2, 0.25) is 0 Å². The summed E-state index contributed by atoms with van der Waals surface area (Å²) in [5, 5.41) is 33.2. The second-order valence-corrected chi connectivity index (χ2v) is 4.39. The van der Waals surface area contributed by atoms with Crippen LogP contribution in [0.1, 0.15) is 5.56 Å². The lowest BCUT2D eigenvalue weighted by molar-refractivity contribution is -0.124. The van der Waals surface area contributed by atoms with E-state index in [0.717, 1.165) is 5.56 Å². The molecule has 0 radical (unpaired) electrons. The third-order valence-electron chi connectivity index (χ3n) is 2.26. The van der Waals surface area contributed by atoms with Gasteiger partial charge in [0.25, 0.3) is 0 Å². The maximum absolute atomic E-state index is 11.6. The van der Waals surface area contributed by atoms with Crippen LogP contribution in [-0.2, 0) is 11.2 Å². The molecule has 0 aliphatic carbocycles. The summed E-state index contributed by atoms with van der Waals surface area (Å²) in [5.74, 6) is -0.337. The van der Waals surface area contributed by atoms with Gasteiger partial charge in [-0.15, -0.1) is 0 Å². The predicted molar refractivity (Wildman–Crippen MR) is 60.2 cm³/mol. The van der Waals surface area contributed by atoms with Crippen molar-refractivity contribution in [1.82, 2.24) is 5.32 Å². The lowest BCUT2D eigenvalue weighted by Crippen LogP contribution is -2.57. The second-order valence-electron chi connectivity index (χ2n) is 3.61. The van der Waals surface area contributed by atoms with E-state index in [2.05, 4.69) is 5.32 Å². The SMILES string of the molecule is O=C(Cc1ccsc1)NC(CO)(CO)CO. The van der Waals surface area contributed by atoms with E-state index >= 15 is 0 Å². The molecule has 1 rings (SSSR count). The Balaban J connectivity index is 2.55. The predicted octanol–water partition coefficient (Wildman–Crippen LogP) is -0.878. The summed E-state index contributed by atoms with van der Waals surface area (Å²) < 4.78 is 0. The van der Waals surface area contributed by atoms with Crippen molar-refractivity contribution in [3.05, 3.63) is 22.4 Å². The van der Waals surface area contributed by atoms with Gasteiger partial charge in [0, 0.05) is 0 Å². The van der Waals surface area contributed by atoms with E-state index in [4.69, 9.17) is 15.3 Å². The number of aliphatic hydroxyl groups excluding tert-OH is 3. The molecule has 90 valence electrons. The molecule has 0 atom stereocenters. The fraction of sp³-hybridized carbons (Fsp3) is 0.500. The van der Waals surface area contributed by atoms with Crippen molar-refractivity contribution in [2.24, 2.45) is 0 Å². The molecule has 1 aromatic heterocycles. The quantitative estimate of drug-likeness (QED) is 0.524. The van der Waals surface area contributed by atoms with E-state index in [-0.39, 0.29) is 12.3 Å². The molecule has 16 heavy (non-hydrogen) atoms. The molecule has 0 saturated carbocycles. The van der Waals surface area contributed by atoms with Crippen LogP contribution in [0.4, 0.5) is 0 Å². The van der Waals surface area contributed by atoms with Crippen LogP contribution < -0.4 is 5.32 Å². The van der Waals surface area contributed by atoms with Crippen molar-refractivity contribution < 1.29 is 20.1 Å². The molecule has 0 aliphatic heterocycles. The zero-order valence-corrected chi connectivity index (χ0v) is 9.54. The molecule has 0 spiro atoms. The Kier molecular flexibility index (Phi) is 4.88. The average molecular weight is 245 g/mol. The van der Waals surface area contributed by atoms with Gasteiger partial charge in [-0.1, -0.05) is 0 Å². The van der Waals surface area contributed by atoms with Crippen LogP contribution in [0.5, 0.6) is 0 Å². The Morgan fingerprint density at radius 1 is 1.31 bits per heavy atom. The fourth-order valence-corrected chi connectivity index (χ4v) is 1.86. The van der Waals surface area contributed by atoms with Gasteiger partial charge in [-0.3, -0.25) is 4.79 Å². The van der Waals surface area contributed by atoms with Gasteiger partial charge in [0.1, 0.15) is 5.54 Å². The maximum Gasteiger partial charge on any atom is 0.225 e. The minimum Gasteiger partial charge on any atom is -0.394 e. The largest absolute Gasteiger partial charge is 0.394 e. The first-order valence-electron chi connectivity index (χ1n) is 4.80. The van der Waals surface area contributed by atoms with Crippen LogP contribution in [0, 0.1) is 0 Å². The molecule has 0 saturated heterocycles. The molecule has 0 bridgehead atoms. The molecular weight excluding hydrogens is 230 g/mol. The van der Waals surface area contributed by atoms with Crippen LogP contribution in [-0.4, -0.2) is 46.6 Å². The summed E-state index contributed by atoms with van der Waals surface area (Å²) in [6, 6.07) is 1.82. The number of hydrogen-bond donors (Lipinski definition) is 4. The third-order valence-corrected chi connectivity index (χ3v) is 2.99. The average Bonchev–Trinajstić information content (AvgIpc) is 2.79. The van der Waals surface area contributed by atoms with Crippen molar-refractivity contribution in [2.75, 3.05) is 19.8 Å². The number of amides is 1. The maximum atomic E-state index is 11.6. The molecule has 0 unspecified atom stereocenters. The van der Waals surface area contributed by atoms with Crippen LogP contribution in [0.15, 0.2) is 16.8 Å². The van der Waals surface area contributed by atoms with Gasteiger partial charge < -0.3 is 20.6 Å². The molecule has 1 aromatic rings. The first-order valence-corrected chi connectivity index (χ1v) is 5.75. The third kappa shape index (κ3) is 3.28. The van der Waals surface area contributed by atoms with Gasteiger partial charge in [-0.05, 0) is 22.4 Å². The molecule has 0 aromatic carbocycles. The number of carbonyl (C=O) groups excluding carboxylic acids is 1. The van der Waals surface area contributed by atoms with Crippen molar-refractivity contribution >= 4 is 17.2 Å². The molecule has 1 amide bonds. The number of aliphatic hydroxyl groups is 3. The zero-order valence-electron chi connectivity index (χ0n) is 8.72. The highest BCUT2D eigenvalue weighted by Gasteiger charge is 2.29. The minimum absolute atomic E-state index is 0.172. The van der Waals surface area contributed by atoms with Gasteiger partial charge in [-0.25, -0.2) is 0 Å². The summed E-state index contributed by atoms with van der Waals surface area (Å²) in [6.07, 6.45) is 0.172. The Labute approximate surface area is 97.4 Å². The zero-order chi connectivity index (χ0) is 12.0. The topological polar surface area (TPSA) is 89.8 Å². The normalized spacial score (nSPS) is 11.4. The second kappa shape index (κ2) is 5.95. The standard InChI is InChI=1S/C10H15NO4S/c12-5-10(6-13,7-14)11-9(15)3-8-1-2-16-4-8/h1-2,4,12-14H,3,5-7H2,(H,11,15). The Hall–Kier alpha value is -0.950. The van der Waals surface area contributed by atoms with E-state index in [0.29, 0.717) is 0 Å². The fourth-order valence-electron chi connectivity index (χ4n) is 1.19. The van der Waals surface area contributed by atoms with E-state index in [1.54, 1.807) is 0 Å². The molecule has 0 aliphatic rings. The minimum atomic E-state index is -1.34. The van der Waals surface area contributed by atoms with Crippen LogP contribution in [0.3, 0.4) is 0 Å². The molecule has 6 heteroatoms. The smallest absolute Gasteiger partial charge is 0.225 e. The summed E-state index contributed by atoms with van der Waals surface area (Å²) >= 11 is 1.49. The highest BCUT2D eigenvalue weighted by molar-refractivity contribution is 7.07. The van der Waals surface area contributed by atoms with Crippen molar-refractivity contribution in [1.29, 1.82) is 0 Å². The van der Waals surface area contributed by atoms with Gasteiger partial charge in [0.05, 0.1) is 26.2 Å². The van der Waals surface area contributed by atoms with E-state index in [9.17, 15) is 4.79 Å². The summed E-state index contributed by atoms with van der Waals surface area (Å²) in [4.78, 5) is 11.6. The van der Waals surface area contributed by atoms with Crippen molar-refractivity contribution in [2.45, 2.75) is 12.0 Å².